The van der Waals surface area contributed by atoms with Crippen molar-refractivity contribution in [2.24, 2.45) is 19.8 Å². The van der Waals surface area contributed by atoms with E-state index in [9.17, 15) is 4.79 Å². The third kappa shape index (κ3) is 5.17. The third-order valence-corrected chi connectivity index (χ3v) is 5.79. The second-order valence-corrected chi connectivity index (χ2v) is 8.51. The molecule has 34 heavy (non-hydrogen) atoms. The molecule has 0 bridgehead atoms. The molecule has 0 aliphatic heterocycles. The zero-order valence-corrected chi connectivity index (χ0v) is 20.1. The van der Waals surface area contributed by atoms with Crippen molar-refractivity contribution in [3.63, 3.8) is 0 Å². The van der Waals surface area contributed by atoms with Crippen molar-refractivity contribution in [2.45, 2.75) is 6.04 Å². The number of halogens is 2. The van der Waals surface area contributed by atoms with Crippen LogP contribution in [-0.4, -0.2) is 24.1 Å². The Bertz CT molecular complexity index is 1480. The SMILES string of the molecule is Cn1c(=O)cc(-c2cccc(Cl)n2)c2cc(C(N)c3ccc(Cl)cc3)ncc21.Cn1ccnc1. The summed E-state index contributed by atoms with van der Waals surface area (Å²) in [6, 6.07) is 15.7. The zero-order valence-electron chi connectivity index (χ0n) is 18.6. The van der Waals surface area contributed by atoms with Crippen LogP contribution in [0.15, 0.2) is 84.3 Å². The Morgan fingerprint density at radius 3 is 2.41 bits per heavy atom. The summed E-state index contributed by atoms with van der Waals surface area (Å²) < 4.78 is 3.44. The maximum Gasteiger partial charge on any atom is 0.251 e. The zero-order chi connectivity index (χ0) is 24.2. The maximum absolute atomic E-state index is 12.4. The van der Waals surface area contributed by atoms with Gasteiger partial charge in [0.05, 0.1) is 35.5 Å². The first kappa shape index (κ1) is 23.6. The van der Waals surface area contributed by atoms with E-state index in [0.29, 0.717) is 32.6 Å². The summed E-state index contributed by atoms with van der Waals surface area (Å²) in [4.78, 5) is 25.1. The number of aryl methyl sites for hydroxylation is 2. The van der Waals surface area contributed by atoms with Crippen LogP contribution in [0.3, 0.4) is 0 Å². The van der Waals surface area contributed by atoms with Gasteiger partial charge in [-0.3, -0.25) is 9.78 Å². The molecule has 4 aromatic heterocycles. The van der Waals surface area contributed by atoms with E-state index in [-0.39, 0.29) is 5.56 Å². The largest absolute Gasteiger partial charge is 0.341 e. The van der Waals surface area contributed by atoms with Crippen LogP contribution in [0, 0.1) is 0 Å². The number of hydrogen-bond acceptors (Lipinski definition) is 5. The fourth-order valence-electron chi connectivity index (χ4n) is 3.47. The van der Waals surface area contributed by atoms with Gasteiger partial charge in [0.15, 0.2) is 0 Å². The van der Waals surface area contributed by atoms with E-state index in [2.05, 4.69) is 15.0 Å². The van der Waals surface area contributed by atoms with Crippen LogP contribution in [0.25, 0.3) is 22.2 Å². The fourth-order valence-corrected chi connectivity index (χ4v) is 3.76. The first-order valence-electron chi connectivity index (χ1n) is 10.4. The molecular formula is C25H22Cl2N6O. The molecule has 1 atom stereocenters. The van der Waals surface area contributed by atoms with Crippen molar-refractivity contribution in [3.05, 3.63) is 111 Å². The Morgan fingerprint density at radius 2 is 1.79 bits per heavy atom. The van der Waals surface area contributed by atoms with Gasteiger partial charge in [-0.25, -0.2) is 9.97 Å². The lowest BCUT2D eigenvalue weighted by atomic mass is 10.0. The summed E-state index contributed by atoms with van der Waals surface area (Å²) in [6.07, 6.45) is 7.05. The van der Waals surface area contributed by atoms with Gasteiger partial charge in [0, 0.05) is 48.5 Å². The van der Waals surface area contributed by atoms with Crippen LogP contribution in [0.1, 0.15) is 17.3 Å². The van der Waals surface area contributed by atoms with E-state index in [1.165, 1.54) is 0 Å². The van der Waals surface area contributed by atoms with Gasteiger partial charge >= 0.3 is 0 Å². The van der Waals surface area contributed by atoms with Gasteiger partial charge in [0.25, 0.3) is 5.56 Å². The molecule has 0 spiro atoms. The summed E-state index contributed by atoms with van der Waals surface area (Å²) in [5.74, 6) is 0. The minimum absolute atomic E-state index is 0.152. The van der Waals surface area contributed by atoms with Crippen molar-refractivity contribution in [3.8, 4) is 11.3 Å². The molecular weight excluding hydrogens is 471 g/mol. The summed E-state index contributed by atoms with van der Waals surface area (Å²) in [5, 5.41) is 1.83. The van der Waals surface area contributed by atoms with Crippen molar-refractivity contribution in [1.29, 1.82) is 0 Å². The average molecular weight is 493 g/mol. The lowest BCUT2D eigenvalue weighted by molar-refractivity contribution is 0.827. The van der Waals surface area contributed by atoms with E-state index in [1.807, 2.05) is 42.1 Å². The van der Waals surface area contributed by atoms with E-state index in [1.54, 1.807) is 60.7 Å². The lowest BCUT2D eigenvalue weighted by Crippen LogP contribution is -2.18. The van der Waals surface area contributed by atoms with Gasteiger partial charge in [0.2, 0.25) is 0 Å². The van der Waals surface area contributed by atoms with Crippen molar-refractivity contribution in [2.75, 3.05) is 0 Å². The first-order chi connectivity index (χ1) is 16.3. The number of hydrogen-bond donors (Lipinski definition) is 1. The van der Waals surface area contributed by atoms with Gasteiger partial charge < -0.3 is 14.9 Å². The smallest absolute Gasteiger partial charge is 0.251 e. The number of imidazole rings is 1. The summed E-state index contributed by atoms with van der Waals surface area (Å²) >= 11 is 12.0. The van der Waals surface area contributed by atoms with Crippen LogP contribution in [0.5, 0.6) is 0 Å². The van der Waals surface area contributed by atoms with Crippen LogP contribution < -0.4 is 11.3 Å². The molecule has 5 rings (SSSR count). The van der Waals surface area contributed by atoms with Crippen LogP contribution >= 0.6 is 23.2 Å². The molecule has 7 nitrogen and oxygen atoms in total. The lowest BCUT2D eigenvalue weighted by Gasteiger charge is -2.15. The minimum atomic E-state index is -0.431. The predicted molar refractivity (Wildman–Crippen MR) is 136 cm³/mol. The molecule has 2 N–H and O–H groups in total. The Kier molecular flexibility index (Phi) is 7.07. The topological polar surface area (TPSA) is 91.6 Å². The Hall–Kier alpha value is -3.52. The quantitative estimate of drug-likeness (QED) is 0.366. The molecule has 0 aliphatic carbocycles. The highest BCUT2D eigenvalue weighted by Gasteiger charge is 2.15. The van der Waals surface area contributed by atoms with Crippen molar-refractivity contribution in [1.82, 2.24) is 24.1 Å². The van der Waals surface area contributed by atoms with Crippen LogP contribution in [0.2, 0.25) is 10.2 Å². The fraction of sp³-hybridized carbons (Fsp3) is 0.120. The molecule has 0 radical (unpaired) electrons. The monoisotopic (exact) mass is 492 g/mol. The van der Waals surface area contributed by atoms with Crippen LogP contribution in [0.4, 0.5) is 0 Å². The molecule has 9 heteroatoms. The molecule has 5 aromatic rings. The minimum Gasteiger partial charge on any atom is -0.341 e. The highest BCUT2D eigenvalue weighted by molar-refractivity contribution is 6.30. The van der Waals surface area contributed by atoms with Gasteiger partial charge in [-0.2, -0.15) is 0 Å². The summed E-state index contributed by atoms with van der Waals surface area (Å²) in [5.41, 5.74) is 9.84. The van der Waals surface area contributed by atoms with Gasteiger partial charge in [-0.1, -0.05) is 41.4 Å². The second kappa shape index (κ2) is 10.2. The van der Waals surface area contributed by atoms with E-state index < -0.39 is 6.04 Å². The number of pyridine rings is 3. The molecule has 1 aromatic carbocycles. The Labute approximate surface area is 206 Å². The number of nitrogens with zero attached hydrogens (tertiary/aromatic N) is 5. The molecule has 0 fully saturated rings. The summed E-state index contributed by atoms with van der Waals surface area (Å²) in [6.45, 7) is 0. The highest BCUT2D eigenvalue weighted by atomic mass is 35.5. The van der Waals surface area contributed by atoms with Gasteiger partial charge in [-0.05, 0) is 35.9 Å². The molecule has 172 valence electrons. The molecule has 1 unspecified atom stereocenters. The molecule has 4 heterocycles. The summed E-state index contributed by atoms with van der Waals surface area (Å²) in [7, 11) is 3.65. The molecule has 0 aliphatic rings. The number of rotatable bonds is 3. The standard InChI is InChI=1S/C21H16Cl2N4O.C4H6N2/c1-27-18-11-25-17(21(24)12-5-7-13(22)8-6-12)9-15(18)14(10-20(27)28)16-3-2-4-19(23)26-16;1-6-3-2-5-4-6/h2-11,21H,24H2,1H3;2-4H,1H3. The van der Waals surface area contributed by atoms with Crippen LogP contribution in [-0.2, 0) is 14.1 Å². The number of nitrogens with two attached hydrogens (primary N) is 1. The average Bonchev–Trinajstić information content (AvgIpc) is 3.32. The van der Waals surface area contributed by atoms with Crippen molar-refractivity contribution >= 4 is 34.1 Å². The normalized spacial score (nSPS) is 11.7. The van der Waals surface area contributed by atoms with E-state index >= 15 is 0 Å². The predicted octanol–water partition coefficient (Wildman–Crippen LogP) is 4.77. The molecule has 0 saturated heterocycles. The highest BCUT2D eigenvalue weighted by Crippen LogP contribution is 2.29. The van der Waals surface area contributed by atoms with E-state index in [4.69, 9.17) is 28.9 Å². The van der Waals surface area contributed by atoms with Gasteiger partial charge in [-0.15, -0.1) is 0 Å². The number of benzene rings is 1. The molecule has 0 saturated carbocycles. The first-order valence-corrected chi connectivity index (χ1v) is 11.1. The van der Waals surface area contributed by atoms with E-state index in [0.717, 1.165) is 10.9 Å². The second-order valence-electron chi connectivity index (χ2n) is 7.68. The van der Waals surface area contributed by atoms with Crippen molar-refractivity contribution < 1.29 is 0 Å². The number of aromatic nitrogens is 5. The molecule has 0 amide bonds. The third-order valence-electron chi connectivity index (χ3n) is 5.33. The Balaban J connectivity index is 0.000000398. The Morgan fingerprint density at radius 1 is 1.03 bits per heavy atom. The maximum atomic E-state index is 12.4. The number of fused-ring (bicyclic) bond motifs is 1. The van der Waals surface area contributed by atoms with Gasteiger partial charge in [0.1, 0.15) is 5.15 Å².